The van der Waals surface area contributed by atoms with Crippen molar-refractivity contribution in [1.29, 1.82) is 0 Å². The van der Waals surface area contributed by atoms with Gasteiger partial charge in [0.15, 0.2) is 5.13 Å². The van der Waals surface area contributed by atoms with E-state index in [1.54, 1.807) is 5.38 Å². The highest BCUT2D eigenvalue weighted by Crippen LogP contribution is 2.32. The first-order chi connectivity index (χ1) is 10.2. The Kier molecular flexibility index (Phi) is 4.75. The zero-order valence-electron chi connectivity index (χ0n) is 12.4. The van der Waals surface area contributed by atoms with Crippen LogP contribution in [0, 0.1) is 5.92 Å². The first-order valence-electron chi connectivity index (χ1n) is 7.97. The zero-order chi connectivity index (χ0) is 14.7. The first-order valence-corrected chi connectivity index (χ1v) is 8.85. The summed E-state index contributed by atoms with van der Waals surface area (Å²) in [5.41, 5.74) is 6.00. The van der Waals surface area contributed by atoms with Crippen LogP contribution in [0.1, 0.15) is 49.0 Å². The van der Waals surface area contributed by atoms with E-state index in [0.717, 1.165) is 24.9 Å². The quantitative estimate of drug-likeness (QED) is 0.893. The van der Waals surface area contributed by atoms with Crippen LogP contribution in [0.4, 0.5) is 5.13 Å². The lowest BCUT2D eigenvalue weighted by Crippen LogP contribution is -2.48. The summed E-state index contributed by atoms with van der Waals surface area (Å²) < 4.78 is 0. The number of nitrogen functional groups attached to an aromatic ring is 1. The molecular weight excluding hydrogens is 284 g/mol. The van der Waals surface area contributed by atoms with E-state index in [9.17, 15) is 4.79 Å². The molecule has 1 aromatic heterocycles. The number of nitrogens with zero attached hydrogens (tertiary/aromatic N) is 2. The van der Waals surface area contributed by atoms with Crippen molar-refractivity contribution in [2.45, 2.75) is 44.6 Å². The minimum atomic E-state index is -0.0979. The van der Waals surface area contributed by atoms with Gasteiger partial charge in [0, 0.05) is 18.0 Å². The Morgan fingerprint density at radius 3 is 3.05 bits per heavy atom. The van der Waals surface area contributed by atoms with E-state index in [-0.39, 0.29) is 5.91 Å². The minimum absolute atomic E-state index is 0.0979. The van der Waals surface area contributed by atoms with Gasteiger partial charge in [0.1, 0.15) is 5.69 Å². The number of amides is 1. The van der Waals surface area contributed by atoms with Crippen molar-refractivity contribution in [1.82, 2.24) is 15.2 Å². The number of hydrogen-bond acceptors (Lipinski definition) is 5. The Morgan fingerprint density at radius 2 is 2.24 bits per heavy atom. The molecule has 2 fully saturated rings. The molecule has 0 aromatic carbocycles. The molecule has 1 aromatic rings. The summed E-state index contributed by atoms with van der Waals surface area (Å²) in [5.74, 6) is 0.638. The predicted octanol–water partition coefficient (Wildman–Crippen LogP) is 2.11. The summed E-state index contributed by atoms with van der Waals surface area (Å²) in [7, 11) is 0. The number of carbonyl (C=O) groups excluding carboxylic acids is 1. The van der Waals surface area contributed by atoms with E-state index in [1.165, 1.54) is 56.5 Å². The molecule has 2 aliphatic heterocycles. The van der Waals surface area contributed by atoms with Crippen molar-refractivity contribution in [2.24, 2.45) is 5.92 Å². The van der Waals surface area contributed by atoms with Gasteiger partial charge in [-0.2, -0.15) is 0 Å². The van der Waals surface area contributed by atoms with Crippen molar-refractivity contribution in [3.63, 3.8) is 0 Å². The summed E-state index contributed by atoms with van der Waals surface area (Å²) in [6, 6.07) is 0.749. The maximum Gasteiger partial charge on any atom is 0.270 e. The number of nitrogens with two attached hydrogens (primary N) is 1. The highest BCUT2D eigenvalue weighted by Gasteiger charge is 2.32. The predicted molar refractivity (Wildman–Crippen MR) is 85.4 cm³/mol. The van der Waals surface area contributed by atoms with Gasteiger partial charge in [0.05, 0.1) is 0 Å². The van der Waals surface area contributed by atoms with E-state index in [4.69, 9.17) is 5.73 Å². The van der Waals surface area contributed by atoms with Gasteiger partial charge < -0.3 is 16.0 Å². The summed E-state index contributed by atoms with van der Waals surface area (Å²) in [4.78, 5) is 18.6. The molecule has 6 heteroatoms. The van der Waals surface area contributed by atoms with Gasteiger partial charge in [0.2, 0.25) is 0 Å². The molecule has 116 valence electrons. The highest BCUT2D eigenvalue weighted by atomic mass is 32.1. The third kappa shape index (κ3) is 3.55. The summed E-state index contributed by atoms with van der Waals surface area (Å²) in [6.45, 7) is 3.28. The number of thiazole rings is 1. The van der Waals surface area contributed by atoms with Crippen LogP contribution in [0.5, 0.6) is 0 Å². The molecule has 0 unspecified atom stereocenters. The van der Waals surface area contributed by atoms with Crippen LogP contribution >= 0.6 is 11.3 Å². The molecule has 2 saturated heterocycles. The molecule has 0 spiro atoms. The maximum absolute atomic E-state index is 11.9. The molecule has 5 nitrogen and oxygen atoms in total. The van der Waals surface area contributed by atoms with Crippen molar-refractivity contribution in [3.05, 3.63) is 11.1 Å². The molecule has 0 bridgehead atoms. The van der Waals surface area contributed by atoms with Crippen molar-refractivity contribution in [3.8, 4) is 0 Å². The lowest BCUT2D eigenvalue weighted by molar-refractivity contribution is 0.0554. The van der Waals surface area contributed by atoms with E-state index >= 15 is 0 Å². The fourth-order valence-corrected chi connectivity index (χ4v) is 4.31. The van der Waals surface area contributed by atoms with E-state index in [1.807, 2.05) is 0 Å². The standard InChI is InChI=1S/C15H24N4OS/c16-15-18-12(10-21-15)14(20)17-7-6-11-4-3-9-19-8-2-1-5-13(11)19/h10-11,13H,1-9H2,(H2,16,18)(H,17,20)/t11-,13+/m0/s1. The lowest BCUT2D eigenvalue weighted by atomic mass is 9.82. The number of rotatable bonds is 4. The number of fused-ring (bicyclic) bond motifs is 1. The molecule has 3 N–H and O–H groups in total. The van der Waals surface area contributed by atoms with Gasteiger partial charge in [-0.25, -0.2) is 4.98 Å². The first kappa shape index (κ1) is 14.8. The van der Waals surface area contributed by atoms with Crippen LogP contribution < -0.4 is 11.1 Å². The molecule has 3 rings (SSSR count). The van der Waals surface area contributed by atoms with Gasteiger partial charge >= 0.3 is 0 Å². The molecule has 2 aliphatic rings. The average Bonchev–Trinajstić information content (AvgIpc) is 2.94. The van der Waals surface area contributed by atoms with Crippen molar-refractivity contribution in [2.75, 3.05) is 25.4 Å². The smallest absolute Gasteiger partial charge is 0.270 e. The number of anilines is 1. The molecule has 21 heavy (non-hydrogen) atoms. The second kappa shape index (κ2) is 6.75. The van der Waals surface area contributed by atoms with Crippen LogP contribution in [0.25, 0.3) is 0 Å². The number of piperidine rings is 2. The average molecular weight is 308 g/mol. The Morgan fingerprint density at radius 1 is 1.38 bits per heavy atom. The SMILES string of the molecule is Nc1nc(C(=O)NCC[C@@H]2CCCN3CCCC[C@H]23)cs1. The fraction of sp³-hybridized carbons (Fsp3) is 0.733. The third-order valence-electron chi connectivity index (χ3n) is 4.78. The number of hydrogen-bond donors (Lipinski definition) is 2. The Balaban J connectivity index is 1.47. The molecular formula is C15H24N4OS. The van der Waals surface area contributed by atoms with Crippen LogP contribution in [0.2, 0.25) is 0 Å². The van der Waals surface area contributed by atoms with Crippen molar-refractivity contribution < 1.29 is 4.79 Å². The molecule has 0 radical (unpaired) electrons. The second-order valence-electron chi connectivity index (χ2n) is 6.12. The molecule has 0 saturated carbocycles. The van der Waals surface area contributed by atoms with Crippen molar-refractivity contribution >= 4 is 22.4 Å². The number of carbonyl (C=O) groups is 1. The second-order valence-corrected chi connectivity index (χ2v) is 7.01. The van der Waals surface area contributed by atoms with Crippen LogP contribution in [-0.2, 0) is 0 Å². The lowest BCUT2D eigenvalue weighted by Gasteiger charge is -2.44. The zero-order valence-corrected chi connectivity index (χ0v) is 13.2. The van der Waals surface area contributed by atoms with Crippen LogP contribution in [0.3, 0.4) is 0 Å². The molecule has 1 amide bonds. The number of nitrogens with one attached hydrogen (secondary N) is 1. The maximum atomic E-state index is 11.9. The summed E-state index contributed by atoms with van der Waals surface area (Å²) >= 11 is 1.31. The molecule has 3 heterocycles. The normalized spacial score (nSPS) is 26.3. The van der Waals surface area contributed by atoms with Gasteiger partial charge in [-0.05, 0) is 51.1 Å². The number of aromatic nitrogens is 1. The fourth-order valence-electron chi connectivity index (χ4n) is 3.77. The minimum Gasteiger partial charge on any atom is -0.375 e. The Labute approximate surface area is 129 Å². The summed E-state index contributed by atoms with van der Waals surface area (Å²) in [5, 5.41) is 5.15. The topological polar surface area (TPSA) is 71.2 Å². The summed E-state index contributed by atoms with van der Waals surface area (Å²) in [6.07, 6.45) is 7.74. The van der Waals surface area contributed by atoms with Crippen LogP contribution in [-0.4, -0.2) is 41.5 Å². The van der Waals surface area contributed by atoms with E-state index in [0.29, 0.717) is 10.8 Å². The van der Waals surface area contributed by atoms with Gasteiger partial charge in [-0.3, -0.25) is 4.79 Å². The molecule has 2 atom stereocenters. The monoisotopic (exact) mass is 308 g/mol. The highest BCUT2D eigenvalue weighted by molar-refractivity contribution is 7.13. The Bertz CT molecular complexity index is 488. The van der Waals surface area contributed by atoms with Crippen LogP contribution in [0.15, 0.2) is 5.38 Å². The third-order valence-corrected chi connectivity index (χ3v) is 5.46. The van der Waals surface area contributed by atoms with Gasteiger partial charge in [-0.1, -0.05) is 6.42 Å². The van der Waals surface area contributed by atoms with E-state index < -0.39 is 0 Å². The largest absolute Gasteiger partial charge is 0.375 e. The molecule has 0 aliphatic carbocycles. The Hall–Kier alpha value is -1.14. The van der Waals surface area contributed by atoms with Gasteiger partial charge in [-0.15, -0.1) is 11.3 Å². The van der Waals surface area contributed by atoms with E-state index in [2.05, 4.69) is 15.2 Å². The van der Waals surface area contributed by atoms with Gasteiger partial charge in [0.25, 0.3) is 5.91 Å².